The lowest BCUT2D eigenvalue weighted by Crippen LogP contribution is -2.55. The fourth-order valence-electron chi connectivity index (χ4n) is 3.13. The molecule has 0 saturated carbocycles. The van der Waals surface area contributed by atoms with Gasteiger partial charge < -0.3 is 15.5 Å². The number of hydrogen-bond acceptors (Lipinski definition) is 5. The molecule has 1 aromatic rings. The fourth-order valence-corrected chi connectivity index (χ4v) is 3.13. The Hall–Kier alpha value is -2.62. The number of nitrogens with one attached hydrogen (secondary N) is 2. The van der Waals surface area contributed by atoms with Crippen molar-refractivity contribution in [3.63, 3.8) is 0 Å². The molecule has 3 heterocycles. The second kappa shape index (κ2) is 5.30. The molecule has 2 N–H and O–H groups in total. The molecule has 3 rings (SSSR count). The second-order valence-corrected chi connectivity index (χ2v) is 5.75. The number of rotatable bonds is 2. The summed E-state index contributed by atoms with van der Waals surface area (Å²) in [6.07, 6.45) is 0.567. The number of pyridine rings is 1. The minimum absolute atomic E-state index is 0.0166. The minimum atomic E-state index is -0.390. The van der Waals surface area contributed by atoms with E-state index in [4.69, 9.17) is 5.26 Å². The Labute approximate surface area is 128 Å². The third kappa shape index (κ3) is 2.37. The fraction of sp³-hybridized carbons (Fsp3) is 0.467. The van der Waals surface area contributed by atoms with Crippen molar-refractivity contribution in [3.05, 3.63) is 22.9 Å². The molecule has 0 unspecified atom stereocenters. The van der Waals surface area contributed by atoms with Crippen LogP contribution in [0.5, 0.6) is 0 Å². The number of nitriles is 1. The molecule has 2 atom stereocenters. The smallest absolute Gasteiger partial charge is 0.243 e. The van der Waals surface area contributed by atoms with Crippen LogP contribution in [-0.2, 0) is 9.59 Å². The van der Waals surface area contributed by atoms with Gasteiger partial charge in [0.05, 0.1) is 17.8 Å². The van der Waals surface area contributed by atoms with E-state index in [1.807, 2.05) is 13.0 Å². The van der Waals surface area contributed by atoms with E-state index in [-0.39, 0.29) is 30.4 Å². The first kappa shape index (κ1) is 14.3. The highest BCUT2D eigenvalue weighted by atomic mass is 16.2. The number of aryl methyl sites for hydroxylation is 2. The lowest BCUT2D eigenvalue weighted by Gasteiger charge is -2.28. The van der Waals surface area contributed by atoms with E-state index < -0.39 is 0 Å². The number of piperazine rings is 1. The zero-order chi connectivity index (χ0) is 15.9. The molecule has 0 aliphatic carbocycles. The largest absolute Gasteiger partial charge is 0.365 e. The summed E-state index contributed by atoms with van der Waals surface area (Å²) >= 11 is 0. The predicted molar refractivity (Wildman–Crippen MR) is 79.0 cm³/mol. The molecule has 0 spiro atoms. The normalized spacial score (nSPS) is 23.8. The van der Waals surface area contributed by atoms with Crippen LogP contribution < -0.4 is 10.6 Å². The van der Waals surface area contributed by atoms with Crippen LogP contribution in [0.3, 0.4) is 0 Å². The molecule has 114 valence electrons. The number of carbonyl (C=O) groups excluding carboxylic acids is 2. The molecule has 0 bridgehead atoms. The van der Waals surface area contributed by atoms with Gasteiger partial charge in [-0.15, -0.1) is 0 Å². The first-order valence-electron chi connectivity index (χ1n) is 7.21. The predicted octanol–water partition coefficient (Wildman–Crippen LogP) is 0.0813. The molecule has 1 aromatic heterocycles. The van der Waals surface area contributed by atoms with Gasteiger partial charge in [-0.1, -0.05) is 0 Å². The summed E-state index contributed by atoms with van der Waals surface area (Å²) in [7, 11) is 0. The number of anilines is 1. The van der Waals surface area contributed by atoms with Gasteiger partial charge in [0.15, 0.2) is 0 Å². The Morgan fingerprint density at radius 2 is 2.23 bits per heavy atom. The average molecular weight is 299 g/mol. The topological polar surface area (TPSA) is 98.1 Å². The van der Waals surface area contributed by atoms with Crippen molar-refractivity contribution in [1.29, 1.82) is 5.26 Å². The molecule has 7 nitrogen and oxygen atoms in total. The first-order chi connectivity index (χ1) is 10.5. The maximum absolute atomic E-state index is 11.8. The highest BCUT2D eigenvalue weighted by Gasteiger charge is 2.42. The van der Waals surface area contributed by atoms with Crippen molar-refractivity contribution < 1.29 is 9.59 Å². The zero-order valence-corrected chi connectivity index (χ0v) is 12.5. The minimum Gasteiger partial charge on any atom is -0.365 e. The summed E-state index contributed by atoms with van der Waals surface area (Å²) in [4.78, 5) is 29.7. The van der Waals surface area contributed by atoms with E-state index in [1.54, 1.807) is 11.8 Å². The third-order valence-electron chi connectivity index (χ3n) is 4.20. The molecule has 2 aliphatic heterocycles. The highest BCUT2D eigenvalue weighted by molar-refractivity contribution is 5.95. The Morgan fingerprint density at radius 1 is 1.45 bits per heavy atom. The summed E-state index contributed by atoms with van der Waals surface area (Å²) in [6.45, 7) is 4.24. The molecule has 0 radical (unpaired) electrons. The van der Waals surface area contributed by atoms with Crippen LogP contribution in [0.1, 0.15) is 23.2 Å². The Balaban J connectivity index is 1.77. The van der Waals surface area contributed by atoms with Gasteiger partial charge in [0.2, 0.25) is 11.8 Å². The van der Waals surface area contributed by atoms with Gasteiger partial charge in [-0.05, 0) is 31.9 Å². The quantitative estimate of drug-likeness (QED) is 0.806. The van der Waals surface area contributed by atoms with Crippen molar-refractivity contribution in [2.75, 3.05) is 18.4 Å². The van der Waals surface area contributed by atoms with E-state index in [9.17, 15) is 9.59 Å². The van der Waals surface area contributed by atoms with Crippen LogP contribution in [0.4, 0.5) is 5.82 Å². The summed E-state index contributed by atoms with van der Waals surface area (Å²) < 4.78 is 0. The Bertz CT molecular complexity index is 647. The van der Waals surface area contributed by atoms with Gasteiger partial charge in [-0.25, -0.2) is 4.98 Å². The van der Waals surface area contributed by atoms with Crippen molar-refractivity contribution in [2.45, 2.75) is 32.4 Å². The van der Waals surface area contributed by atoms with Gasteiger partial charge in [0, 0.05) is 12.6 Å². The highest BCUT2D eigenvalue weighted by Crippen LogP contribution is 2.24. The van der Waals surface area contributed by atoms with Gasteiger partial charge in [0.25, 0.3) is 0 Å². The molecule has 22 heavy (non-hydrogen) atoms. The standard InChI is InChI=1S/C15H17N5O2/c1-8-3-13(18-9(2)11(8)5-16)19-10-4-12-15(22)17-6-14(21)20(12)7-10/h3,10,12H,4,6-7H2,1-2H3,(H,17,22)(H,18,19)/t10-,12-/m0/s1. The molecule has 7 heteroatoms. The van der Waals surface area contributed by atoms with E-state index in [1.165, 1.54) is 0 Å². The number of fused-ring (bicyclic) bond motifs is 1. The molecule has 2 saturated heterocycles. The van der Waals surface area contributed by atoms with E-state index in [0.717, 1.165) is 5.56 Å². The van der Waals surface area contributed by atoms with Crippen LogP contribution in [0.25, 0.3) is 0 Å². The van der Waals surface area contributed by atoms with Crippen LogP contribution in [0.15, 0.2) is 6.07 Å². The lowest BCUT2D eigenvalue weighted by atomic mass is 10.1. The summed E-state index contributed by atoms with van der Waals surface area (Å²) in [6, 6.07) is 3.56. The van der Waals surface area contributed by atoms with Crippen molar-refractivity contribution >= 4 is 17.6 Å². The number of nitrogens with zero attached hydrogens (tertiary/aromatic N) is 3. The third-order valence-corrected chi connectivity index (χ3v) is 4.20. The molecule has 2 aliphatic rings. The van der Waals surface area contributed by atoms with Crippen LogP contribution in [0, 0.1) is 25.2 Å². The Morgan fingerprint density at radius 3 is 2.86 bits per heavy atom. The molecule has 2 fully saturated rings. The van der Waals surface area contributed by atoms with Gasteiger partial charge in [0.1, 0.15) is 17.9 Å². The monoisotopic (exact) mass is 299 g/mol. The first-order valence-corrected chi connectivity index (χ1v) is 7.21. The molecular formula is C15H17N5O2. The van der Waals surface area contributed by atoms with E-state index in [0.29, 0.717) is 30.0 Å². The zero-order valence-electron chi connectivity index (χ0n) is 12.5. The van der Waals surface area contributed by atoms with Crippen LogP contribution in [-0.4, -0.2) is 46.9 Å². The van der Waals surface area contributed by atoms with Crippen LogP contribution in [0.2, 0.25) is 0 Å². The van der Waals surface area contributed by atoms with Crippen molar-refractivity contribution in [1.82, 2.24) is 15.2 Å². The molecular weight excluding hydrogens is 282 g/mol. The average Bonchev–Trinajstić information content (AvgIpc) is 2.88. The Kier molecular flexibility index (Phi) is 3.45. The lowest BCUT2D eigenvalue weighted by molar-refractivity contribution is -0.143. The summed E-state index contributed by atoms with van der Waals surface area (Å²) in [5.41, 5.74) is 2.13. The number of aromatic nitrogens is 1. The van der Waals surface area contributed by atoms with E-state index >= 15 is 0 Å². The van der Waals surface area contributed by atoms with Gasteiger partial charge in [-0.2, -0.15) is 5.26 Å². The summed E-state index contributed by atoms with van der Waals surface area (Å²) in [5, 5.41) is 15.0. The molecule has 2 amide bonds. The number of carbonyl (C=O) groups is 2. The van der Waals surface area contributed by atoms with Gasteiger partial charge in [-0.3, -0.25) is 9.59 Å². The van der Waals surface area contributed by atoms with E-state index in [2.05, 4.69) is 21.7 Å². The maximum Gasteiger partial charge on any atom is 0.243 e. The SMILES string of the molecule is Cc1cc(N[C@H]2C[C@H]3C(=O)NCC(=O)N3C2)nc(C)c1C#N. The second-order valence-electron chi connectivity index (χ2n) is 5.75. The van der Waals surface area contributed by atoms with Crippen molar-refractivity contribution in [3.8, 4) is 6.07 Å². The number of amides is 2. The van der Waals surface area contributed by atoms with Crippen LogP contribution >= 0.6 is 0 Å². The van der Waals surface area contributed by atoms with Crippen molar-refractivity contribution in [2.24, 2.45) is 0 Å². The summed E-state index contributed by atoms with van der Waals surface area (Å²) in [5.74, 6) is 0.532. The number of hydrogen-bond donors (Lipinski definition) is 2. The molecule has 0 aromatic carbocycles. The van der Waals surface area contributed by atoms with Gasteiger partial charge >= 0.3 is 0 Å². The maximum atomic E-state index is 11.8.